The lowest BCUT2D eigenvalue weighted by Gasteiger charge is -2.42. The molecule has 0 radical (unpaired) electrons. The van der Waals surface area contributed by atoms with E-state index in [9.17, 15) is 9.90 Å². The van der Waals surface area contributed by atoms with Gasteiger partial charge < -0.3 is 20.1 Å². The minimum atomic E-state index is -0.470. The van der Waals surface area contributed by atoms with Crippen LogP contribution in [0.25, 0.3) is 0 Å². The Morgan fingerprint density at radius 3 is 3.05 bits per heavy atom. The highest BCUT2D eigenvalue weighted by Crippen LogP contribution is 2.24. The molecule has 0 bridgehead atoms. The first-order valence-corrected chi connectivity index (χ1v) is 7.22. The maximum atomic E-state index is 12.8. The second-order valence-electron chi connectivity index (χ2n) is 5.82. The molecule has 21 heavy (non-hydrogen) atoms. The van der Waals surface area contributed by atoms with Gasteiger partial charge in [0.2, 0.25) is 0 Å². The van der Waals surface area contributed by atoms with Crippen LogP contribution in [0.1, 0.15) is 31.1 Å². The number of aliphatic hydroxyl groups excluding tert-OH is 1. The third-order valence-electron chi connectivity index (χ3n) is 3.39. The van der Waals surface area contributed by atoms with Crippen molar-refractivity contribution in [1.29, 1.82) is 0 Å². The Balaban J connectivity index is 2.23. The standard InChI is InChI=1S/C15H23N3O3/c1-4-17-13-5-6-16-7-12(13)14(20)18-8-11(9-19)21-15(2,3)10-18/h5-7,11,19H,4,8-10H2,1-3H3,(H,16,17). The first-order chi connectivity index (χ1) is 9.96. The number of aromatic nitrogens is 1. The van der Waals surface area contributed by atoms with E-state index in [2.05, 4.69) is 10.3 Å². The van der Waals surface area contributed by atoms with Crippen molar-refractivity contribution in [2.24, 2.45) is 0 Å². The van der Waals surface area contributed by atoms with Crippen LogP contribution in [0.3, 0.4) is 0 Å². The van der Waals surface area contributed by atoms with Gasteiger partial charge in [-0.25, -0.2) is 0 Å². The van der Waals surface area contributed by atoms with Gasteiger partial charge in [-0.2, -0.15) is 0 Å². The fourth-order valence-electron chi connectivity index (χ4n) is 2.63. The number of morpholine rings is 1. The van der Waals surface area contributed by atoms with E-state index in [-0.39, 0.29) is 18.6 Å². The normalized spacial score (nSPS) is 21.1. The number of carbonyl (C=O) groups is 1. The van der Waals surface area contributed by atoms with Crippen molar-refractivity contribution in [3.8, 4) is 0 Å². The molecule has 1 aromatic heterocycles. The summed E-state index contributed by atoms with van der Waals surface area (Å²) < 4.78 is 5.74. The van der Waals surface area contributed by atoms with Crippen LogP contribution in [0.15, 0.2) is 18.5 Å². The summed E-state index contributed by atoms with van der Waals surface area (Å²) in [5.74, 6) is -0.0890. The topological polar surface area (TPSA) is 74.7 Å². The number of ether oxygens (including phenoxy) is 1. The number of hydrogen-bond acceptors (Lipinski definition) is 5. The van der Waals surface area contributed by atoms with Gasteiger partial charge in [-0.1, -0.05) is 0 Å². The summed E-state index contributed by atoms with van der Waals surface area (Å²) in [6, 6.07) is 1.80. The van der Waals surface area contributed by atoms with Crippen LogP contribution in [0.2, 0.25) is 0 Å². The molecule has 1 saturated heterocycles. The summed E-state index contributed by atoms with van der Waals surface area (Å²) >= 11 is 0. The van der Waals surface area contributed by atoms with Crippen LogP contribution >= 0.6 is 0 Å². The molecule has 6 nitrogen and oxygen atoms in total. The minimum Gasteiger partial charge on any atom is -0.394 e. The monoisotopic (exact) mass is 293 g/mol. The van der Waals surface area contributed by atoms with Crippen LogP contribution in [0.5, 0.6) is 0 Å². The van der Waals surface area contributed by atoms with Crippen LogP contribution < -0.4 is 5.32 Å². The van der Waals surface area contributed by atoms with Crippen LogP contribution in [-0.4, -0.2) is 58.8 Å². The van der Waals surface area contributed by atoms with Crippen molar-refractivity contribution < 1.29 is 14.6 Å². The number of nitrogens with one attached hydrogen (secondary N) is 1. The number of anilines is 1. The van der Waals surface area contributed by atoms with Crippen LogP contribution in [0, 0.1) is 0 Å². The fraction of sp³-hybridized carbons (Fsp3) is 0.600. The number of hydrogen-bond donors (Lipinski definition) is 2. The molecule has 1 unspecified atom stereocenters. The predicted molar refractivity (Wildman–Crippen MR) is 80.3 cm³/mol. The van der Waals surface area contributed by atoms with Crippen molar-refractivity contribution in [3.05, 3.63) is 24.0 Å². The van der Waals surface area contributed by atoms with Gasteiger partial charge >= 0.3 is 0 Å². The Morgan fingerprint density at radius 2 is 2.38 bits per heavy atom. The van der Waals surface area contributed by atoms with E-state index < -0.39 is 5.60 Å². The van der Waals surface area contributed by atoms with E-state index in [4.69, 9.17) is 4.74 Å². The molecule has 1 fully saturated rings. The molecule has 2 heterocycles. The first-order valence-electron chi connectivity index (χ1n) is 7.22. The second-order valence-corrected chi connectivity index (χ2v) is 5.82. The fourth-order valence-corrected chi connectivity index (χ4v) is 2.63. The third kappa shape index (κ3) is 3.71. The summed E-state index contributed by atoms with van der Waals surface area (Å²) in [5, 5.41) is 12.5. The average molecular weight is 293 g/mol. The van der Waals surface area contributed by atoms with E-state index in [0.717, 1.165) is 12.2 Å². The van der Waals surface area contributed by atoms with Crippen molar-refractivity contribution in [3.63, 3.8) is 0 Å². The smallest absolute Gasteiger partial charge is 0.257 e. The lowest BCUT2D eigenvalue weighted by Crippen LogP contribution is -2.55. The highest BCUT2D eigenvalue weighted by Gasteiger charge is 2.36. The number of pyridine rings is 1. The average Bonchev–Trinajstić information content (AvgIpc) is 2.45. The summed E-state index contributed by atoms with van der Waals surface area (Å²) in [6.07, 6.45) is 2.89. The highest BCUT2D eigenvalue weighted by molar-refractivity contribution is 5.99. The molecule has 1 atom stereocenters. The van der Waals surface area contributed by atoms with Crippen LogP contribution in [-0.2, 0) is 4.74 Å². The van der Waals surface area contributed by atoms with Gasteiger partial charge in [-0.15, -0.1) is 0 Å². The van der Waals surface area contributed by atoms with Gasteiger partial charge in [0.15, 0.2) is 0 Å². The Labute approximate surface area is 125 Å². The van der Waals surface area contributed by atoms with E-state index in [1.807, 2.05) is 20.8 Å². The maximum absolute atomic E-state index is 12.8. The number of aliphatic hydroxyl groups is 1. The lowest BCUT2D eigenvalue weighted by molar-refractivity contribution is -0.139. The molecule has 1 aromatic rings. The molecule has 0 aromatic carbocycles. The van der Waals surface area contributed by atoms with Gasteiger partial charge in [0.1, 0.15) is 0 Å². The molecular weight excluding hydrogens is 270 g/mol. The highest BCUT2D eigenvalue weighted by atomic mass is 16.5. The van der Waals surface area contributed by atoms with Gasteiger partial charge in [-0.05, 0) is 26.8 Å². The lowest BCUT2D eigenvalue weighted by atomic mass is 10.0. The first kappa shape index (κ1) is 15.7. The SMILES string of the molecule is CCNc1ccncc1C(=O)N1CC(CO)OC(C)(C)C1. The summed E-state index contributed by atoms with van der Waals surface area (Å²) in [5.41, 5.74) is 0.859. The molecule has 2 rings (SSSR count). The number of amides is 1. The summed E-state index contributed by atoms with van der Waals surface area (Å²) in [4.78, 5) is 18.5. The molecular formula is C15H23N3O3. The third-order valence-corrected chi connectivity index (χ3v) is 3.39. The van der Waals surface area contributed by atoms with Crippen molar-refractivity contribution >= 4 is 11.6 Å². The van der Waals surface area contributed by atoms with E-state index in [1.54, 1.807) is 23.4 Å². The molecule has 1 amide bonds. The summed E-state index contributed by atoms with van der Waals surface area (Å²) in [7, 11) is 0. The van der Waals surface area contributed by atoms with Gasteiger partial charge in [0.05, 0.1) is 29.6 Å². The number of carbonyl (C=O) groups excluding carboxylic acids is 1. The van der Waals surface area contributed by atoms with Gasteiger partial charge in [0.25, 0.3) is 5.91 Å². The van der Waals surface area contributed by atoms with E-state index in [0.29, 0.717) is 18.7 Å². The summed E-state index contributed by atoms with van der Waals surface area (Å²) in [6.45, 7) is 7.34. The zero-order valence-corrected chi connectivity index (χ0v) is 12.8. The Hall–Kier alpha value is -1.66. The van der Waals surface area contributed by atoms with E-state index in [1.165, 1.54) is 0 Å². The van der Waals surface area contributed by atoms with E-state index >= 15 is 0 Å². The Morgan fingerprint density at radius 1 is 1.62 bits per heavy atom. The van der Waals surface area contributed by atoms with Crippen molar-refractivity contribution in [1.82, 2.24) is 9.88 Å². The maximum Gasteiger partial charge on any atom is 0.257 e. The largest absolute Gasteiger partial charge is 0.394 e. The Bertz CT molecular complexity index is 505. The zero-order chi connectivity index (χ0) is 15.5. The molecule has 1 aliphatic heterocycles. The molecule has 2 N–H and O–H groups in total. The Kier molecular flexibility index (Phi) is 4.80. The molecule has 6 heteroatoms. The van der Waals surface area contributed by atoms with Crippen molar-refractivity contribution in [2.45, 2.75) is 32.5 Å². The van der Waals surface area contributed by atoms with Crippen molar-refractivity contribution in [2.75, 3.05) is 31.6 Å². The van der Waals surface area contributed by atoms with Gasteiger partial charge in [-0.3, -0.25) is 9.78 Å². The molecule has 0 saturated carbocycles. The second kappa shape index (κ2) is 6.41. The quantitative estimate of drug-likeness (QED) is 0.870. The molecule has 116 valence electrons. The molecule has 0 aliphatic carbocycles. The molecule has 0 spiro atoms. The minimum absolute atomic E-state index is 0.0890. The molecule has 1 aliphatic rings. The predicted octanol–water partition coefficient (Wildman–Crippen LogP) is 1.13. The van der Waals surface area contributed by atoms with Gasteiger partial charge in [0, 0.05) is 32.0 Å². The van der Waals surface area contributed by atoms with Crippen LogP contribution in [0.4, 0.5) is 5.69 Å². The number of rotatable bonds is 4. The zero-order valence-electron chi connectivity index (χ0n) is 12.8. The number of nitrogens with zero attached hydrogens (tertiary/aromatic N) is 2.